The van der Waals surface area contributed by atoms with Gasteiger partial charge in [0.15, 0.2) is 0 Å². The van der Waals surface area contributed by atoms with Crippen LogP contribution in [0.15, 0.2) is 29.4 Å². The summed E-state index contributed by atoms with van der Waals surface area (Å²) < 4.78 is 33.9. The second kappa shape index (κ2) is 6.26. The van der Waals surface area contributed by atoms with Crippen molar-refractivity contribution in [2.24, 2.45) is 0 Å². The van der Waals surface area contributed by atoms with Crippen LogP contribution in [0.2, 0.25) is 0 Å². The third-order valence-electron chi connectivity index (χ3n) is 3.29. The summed E-state index contributed by atoms with van der Waals surface area (Å²) in [6.45, 7) is 0. The van der Waals surface area contributed by atoms with E-state index in [0.717, 1.165) is 11.8 Å². The molecule has 0 bridgehead atoms. The molecule has 23 heavy (non-hydrogen) atoms. The van der Waals surface area contributed by atoms with Gasteiger partial charge in [0, 0.05) is 5.75 Å². The summed E-state index contributed by atoms with van der Waals surface area (Å²) in [5, 5.41) is 10.6. The highest BCUT2D eigenvalue weighted by atomic mass is 32.2. The molecule has 1 fully saturated rings. The first-order chi connectivity index (χ1) is 11.0. The SMILES string of the molecule is COc1ccc(S(=O)(=O)N[C@@H]2CCSC2=O)cc1-n1cnnn1. The van der Waals surface area contributed by atoms with E-state index < -0.39 is 16.1 Å². The quantitative estimate of drug-likeness (QED) is 0.795. The third-order valence-corrected chi connectivity index (χ3v) is 5.77. The zero-order valence-electron chi connectivity index (χ0n) is 12.0. The number of aromatic nitrogens is 4. The van der Waals surface area contributed by atoms with Crippen molar-refractivity contribution >= 4 is 26.9 Å². The fraction of sp³-hybridized carbons (Fsp3) is 0.333. The lowest BCUT2D eigenvalue weighted by molar-refractivity contribution is -0.111. The standard InChI is InChI=1S/C12H13N5O4S2/c1-21-11-3-2-8(6-10(11)17-7-13-15-16-17)23(19,20)14-9-4-5-22-12(9)18/h2-3,6-7,9,14H,4-5H2,1H3/t9-/m1/s1. The van der Waals surface area contributed by atoms with Gasteiger partial charge >= 0.3 is 0 Å². The highest BCUT2D eigenvalue weighted by Gasteiger charge is 2.30. The van der Waals surface area contributed by atoms with Crippen LogP contribution in [0, 0.1) is 0 Å². The predicted molar refractivity (Wildman–Crippen MR) is 81.9 cm³/mol. The predicted octanol–water partition coefficient (Wildman–Crippen LogP) is -0.0187. The summed E-state index contributed by atoms with van der Waals surface area (Å²) in [6.07, 6.45) is 1.82. The normalized spacial score (nSPS) is 18.3. The van der Waals surface area contributed by atoms with Crippen LogP contribution in [0.5, 0.6) is 5.75 Å². The van der Waals surface area contributed by atoms with Gasteiger partial charge in [-0.15, -0.1) is 5.10 Å². The molecule has 0 saturated carbocycles. The zero-order valence-corrected chi connectivity index (χ0v) is 13.7. The molecule has 11 heteroatoms. The first-order valence-corrected chi connectivity index (χ1v) is 9.08. The van der Waals surface area contributed by atoms with Crippen LogP contribution in [0.25, 0.3) is 5.69 Å². The zero-order chi connectivity index (χ0) is 16.4. The second-order valence-corrected chi connectivity index (χ2v) is 7.53. The Morgan fingerprint density at radius 2 is 2.26 bits per heavy atom. The molecular weight excluding hydrogens is 342 g/mol. The van der Waals surface area contributed by atoms with Gasteiger partial charge in [-0.3, -0.25) is 4.79 Å². The lowest BCUT2D eigenvalue weighted by atomic mass is 10.3. The van der Waals surface area contributed by atoms with E-state index in [2.05, 4.69) is 20.2 Å². The Kier molecular flexibility index (Phi) is 4.33. The maximum Gasteiger partial charge on any atom is 0.241 e. The average Bonchev–Trinajstić information content (AvgIpc) is 3.19. The van der Waals surface area contributed by atoms with Gasteiger partial charge < -0.3 is 4.74 Å². The van der Waals surface area contributed by atoms with Gasteiger partial charge in [-0.1, -0.05) is 11.8 Å². The van der Waals surface area contributed by atoms with Gasteiger partial charge in [0.05, 0.1) is 18.0 Å². The molecule has 3 rings (SSSR count). The van der Waals surface area contributed by atoms with E-state index in [4.69, 9.17) is 4.74 Å². The molecule has 1 saturated heterocycles. The van der Waals surface area contributed by atoms with E-state index in [1.807, 2.05) is 0 Å². The summed E-state index contributed by atoms with van der Waals surface area (Å²) in [4.78, 5) is 11.6. The molecule has 0 radical (unpaired) electrons. The molecule has 0 spiro atoms. The smallest absolute Gasteiger partial charge is 0.241 e. The molecule has 9 nitrogen and oxygen atoms in total. The number of ether oxygens (including phenoxy) is 1. The van der Waals surface area contributed by atoms with Crippen LogP contribution in [-0.2, 0) is 14.8 Å². The molecule has 0 unspecified atom stereocenters. The first kappa shape index (κ1) is 15.9. The van der Waals surface area contributed by atoms with Crippen LogP contribution >= 0.6 is 11.8 Å². The topological polar surface area (TPSA) is 116 Å². The molecule has 2 heterocycles. The summed E-state index contributed by atoms with van der Waals surface area (Å²) in [6, 6.07) is 3.62. The maximum atomic E-state index is 12.5. The summed E-state index contributed by atoms with van der Waals surface area (Å²) in [7, 11) is -2.37. The Labute approximate surface area is 136 Å². The molecule has 1 aromatic heterocycles. The van der Waals surface area contributed by atoms with Crippen LogP contribution in [0.3, 0.4) is 0 Å². The Hall–Kier alpha value is -1.98. The molecule has 1 atom stereocenters. The number of methoxy groups -OCH3 is 1. The van der Waals surface area contributed by atoms with Gasteiger partial charge in [0.2, 0.25) is 15.1 Å². The maximum absolute atomic E-state index is 12.5. The molecule has 0 aliphatic carbocycles. The average molecular weight is 355 g/mol. The van der Waals surface area contributed by atoms with Crippen molar-refractivity contribution in [2.45, 2.75) is 17.4 Å². The number of nitrogens with one attached hydrogen (secondary N) is 1. The van der Waals surface area contributed by atoms with Crippen molar-refractivity contribution in [1.29, 1.82) is 0 Å². The van der Waals surface area contributed by atoms with Gasteiger partial charge in [-0.25, -0.2) is 8.42 Å². The molecule has 0 amide bonds. The summed E-state index contributed by atoms with van der Waals surface area (Å²) in [5.74, 6) is 1.04. The van der Waals surface area contributed by atoms with Crippen LogP contribution in [0.1, 0.15) is 6.42 Å². The van der Waals surface area contributed by atoms with Gasteiger partial charge in [-0.05, 0) is 35.0 Å². The highest BCUT2D eigenvalue weighted by molar-refractivity contribution is 8.14. The molecule has 122 valence electrons. The monoisotopic (exact) mass is 355 g/mol. The fourth-order valence-electron chi connectivity index (χ4n) is 2.15. The minimum atomic E-state index is -3.84. The number of benzene rings is 1. The van der Waals surface area contributed by atoms with Crippen LogP contribution < -0.4 is 9.46 Å². The van der Waals surface area contributed by atoms with Crippen molar-refractivity contribution in [1.82, 2.24) is 24.9 Å². The van der Waals surface area contributed by atoms with Crippen molar-refractivity contribution in [3.63, 3.8) is 0 Å². The number of carbonyl (C=O) groups is 1. The van der Waals surface area contributed by atoms with Crippen molar-refractivity contribution in [3.8, 4) is 11.4 Å². The van der Waals surface area contributed by atoms with E-state index in [1.54, 1.807) is 0 Å². The first-order valence-electron chi connectivity index (χ1n) is 6.61. The number of sulfonamides is 1. The molecule has 1 aliphatic heterocycles. The lowest BCUT2D eigenvalue weighted by Gasteiger charge is -2.13. The Morgan fingerprint density at radius 3 is 2.87 bits per heavy atom. The van der Waals surface area contributed by atoms with E-state index in [0.29, 0.717) is 23.6 Å². The Morgan fingerprint density at radius 1 is 1.43 bits per heavy atom. The number of nitrogens with zero attached hydrogens (tertiary/aromatic N) is 4. The van der Waals surface area contributed by atoms with E-state index in [-0.39, 0.29) is 10.0 Å². The Bertz CT molecular complexity index is 822. The fourth-order valence-corrected chi connectivity index (χ4v) is 4.40. The third kappa shape index (κ3) is 3.21. The van der Waals surface area contributed by atoms with Crippen molar-refractivity contribution < 1.29 is 17.9 Å². The Balaban J connectivity index is 1.96. The number of rotatable bonds is 5. The highest BCUT2D eigenvalue weighted by Crippen LogP contribution is 2.26. The van der Waals surface area contributed by atoms with Crippen molar-refractivity contribution in [2.75, 3.05) is 12.9 Å². The molecule has 2 aromatic rings. The van der Waals surface area contributed by atoms with E-state index in [9.17, 15) is 13.2 Å². The van der Waals surface area contributed by atoms with E-state index >= 15 is 0 Å². The number of carbonyl (C=O) groups excluding carboxylic acids is 1. The lowest BCUT2D eigenvalue weighted by Crippen LogP contribution is -2.37. The van der Waals surface area contributed by atoms with Gasteiger partial charge in [-0.2, -0.15) is 9.40 Å². The molecule has 1 aliphatic rings. The number of hydrogen-bond donors (Lipinski definition) is 1. The number of thioether (sulfide) groups is 1. The minimum Gasteiger partial charge on any atom is -0.494 e. The molecule has 1 N–H and O–H groups in total. The number of hydrogen-bond acceptors (Lipinski definition) is 8. The van der Waals surface area contributed by atoms with E-state index in [1.165, 1.54) is 36.3 Å². The van der Waals surface area contributed by atoms with Crippen LogP contribution in [-0.4, -0.2) is 52.6 Å². The summed E-state index contributed by atoms with van der Waals surface area (Å²) in [5.41, 5.74) is 0.382. The van der Waals surface area contributed by atoms with Gasteiger partial charge in [0.25, 0.3) is 0 Å². The molecule has 1 aromatic carbocycles. The molecular formula is C12H13N5O4S2. The minimum absolute atomic E-state index is 0.00787. The second-order valence-electron chi connectivity index (χ2n) is 4.72. The van der Waals surface area contributed by atoms with Crippen LogP contribution in [0.4, 0.5) is 0 Å². The summed E-state index contributed by atoms with van der Waals surface area (Å²) >= 11 is 1.13. The van der Waals surface area contributed by atoms with Gasteiger partial charge in [0.1, 0.15) is 17.8 Å². The van der Waals surface area contributed by atoms with Crippen molar-refractivity contribution in [3.05, 3.63) is 24.5 Å². The largest absolute Gasteiger partial charge is 0.494 e. The number of tetrazole rings is 1.